The van der Waals surface area contributed by atoms with Crippen LogP contribution in [0.15, 0.2) is 30.3 Å². The highest BCUT2D eigenvalue weighted by atomic mass is 32.1. The minimum Gasteiger partial charge on any atom is -0.313 e. The maximum absolute atomic E-state index is 13.4. The van der Waals surface area contributed by atoms with Gasteiger partial charge in [0.15, 0.2) is 0 Å². The Balaban J connectivity index is 2.28. The molecule has 0 saturated heterocycles. The Morgan fingerprint density at radius 1 is 1.22 bits per heavy atom. The second-order valence-electron chi connectivity index (χ2n) is 4.39. The van der Waals surface area contributed by atoms with Crippen LogP contribution in [0.1, 0.15) is 23.8 Å². The normalized spacial score (nSPS) is 10.8. The Hall–Kier alpha value is -1.19. The monoisotopic (exact) mass is 263 g/mol. The van der Waals surface area contributed by atoms with Gasteiger partial charge in [0, 0.05) is 16.3 Å². The van der Waals surface area contributed by atoms with Gasteiger partial charge in [-0.3, -0.25) is 0 Å². The van der Waals surface area contributed by atoms with Gasteiger partial charge in [0.1, 0.15) is 5.82 Å². The van der Waals surface area contributed by atoms with Gasteiger partial charge in [0.25, 0.3) is 0 Å². The summed E-state index contributed by atoms with van der Waals surface area (Å²) in [5.74, 6) is -0.166. The zero-order valence-electron chi connectivity index (χ0n) is 10.8. The predicted octanol–water partition coefficient (Wildman–Crippen LogP) is 4.36. The van der Waals surface area contributed by atoms with Crippen LogP contribution in [0.4, 0.5) is 4.39 Å². The summed E-state index contributed by atoms with van der Waals surface area (Å²) in [6.07, 6.45) is 1.09. The molecule has 0 bridgehead atoms. The molecule has 0 aliphatic heterocycles. The van der Waals surface area contributed by atoms with E-state index in [2.05, 4.69) is 31.3 Å². The number of thiophene rings is 1. The molecule has 1 aromatic carbocycles. The molecule has 0 aliphatic carbocycles. The molecule has 3 heteroatoms. The summed E-state index contributed by atoms with van der Waals surface area (Å²) in [6, 6.07) is 9.26. The molecule has 0 amide bonds. The first-order valence-corrected chi connectivity index (χ1v) is 7.08. The standard InChI is InChI=1S/C15H18FNS/c1-3-8-17-10-12-9-13(16)5-6-14(12)15-7-4-11(2)18-15/h4-7,9,17H,3,8,10H2,1-2H3. The van der Waals surface area contributed by atoms with Crippen LogP contribution in [-0.4, -0.2) is 6.54 Å². The zero-order valence-corrected chi connectivity index (χ0v) is 11.6. The van der Waals surface area contributed by atoms with Crippen molar-refractivity contribution in [2.75, 3.05) is 6.54 Å². The average Bonchev–Trinajstić information content (AvgIpc) is 2.76. The molecular weight excluding hydrogens is 245 g/mol. The van der Waals surface area contributed by atoms with E-state index in [1.54, 1.807) is 17.4 Å². The maximum Gasteiger partial charge on any atom is 0.123 e. The molecule has 1 nitrogen and oxygen atoms in total. The van der Waals surface area contributed by atoms with Gasteiger partial charge in [-0.05, 0) is 55.3 Å². The van der Waals surface area contributed by atoms with Crippen molar-refractivity contribution in [2.24, 2.45) is 0 Å². The molecule has 0 atom stereocenters. The number of benzene rings is 1. The van der Waals surface area contributed by atoms with Crippen molar-refractivity contribution in [1.82, 2.24) is 5.32 Å². The van der Waals surface area contributed by atoms with E-state index in [9.17, 15) is 4.39 Å². The summed E-state index contributed by atoms with van der Waals surface area (Å²) < 4.78 is 13.4. The number of hydrogen-bond acceptors (Lipinski definition) is 2. The molecule has 96 valence electrons. The van der Waals surface area contributed by atoms with Gasteiger partial charge in [0.2, 0.25) is 0 Å². The molecule has 0 unspecified atom stereocenters. The second-order valence-corrected chi connectivity index (χ2v) is 5.68. The van der Waals surface area contributed by atoms with E-state index in [0.717, 1.165) is 30.6 Å². The quantitative estimate of drug-likeness (QED) is 0.790. The molecule has 2 rings (SSSR count). The molecule has 0 radical (unpaired) electrons. The summed E-state index contributed by atoms with van der Waals surface area (Å²) in [4.78, 5) is 2.49. The Morgan fingerprint density at radius 3 is 2.72 bits per heavy atom. The van der Waals surface area contributed by atoms with E-state index < -0.39 is 0 Å². The Kier molecular flexibility index (Phi) is 4.50. The van der Waals surface area contributed by atoms with Crippen LogP contribution < -0.4 is 5.32 Å². The molecule has 0 saturated carbocycles. The molecule has 18 heavy (non-hydrogen) atoms. The summed E-state index contributed by atoms with van der Waals surface area (Å²) >= 11 is 1.75. The third kappa shape index (κ3) is 3.18. The van der Waals surface area contributed by atoms with Crippen molar-refractivity contribution in [2.45, 2.75) is 26.8 Å². The number of rotatable bonds is 5. The fraction of sp³-hybridized carbons (Fsp3) is 0.333. The lowest BCUT2D eigenvalue weighted by Crippen LogP contribution is -2.14. The highest BCUT2D eigenvalue weighted by Crippen LogP contribution is 2.30. The fourth-order valence-corrected chi connectivity index (χ4v) is 2.86. The van der Waals surface area contributed by atoms with Crippen molar-refractivity contribution < 1.29 is 4.39 Å². The maximum atomic E-state index is 13.4. The van der Waals surface area contributed by atoms with E-state index in [1.807, 2.05) is 6.07 Å². The lowest BCUT2D eigenvalue weighted by Gasteiger charge is -2.09. The van der Waals surface area contributed by atoms with Crippen molar-refractivity contribution in [3.8, 4) is 10.4 Å². The van der Waals surface area contributed by atoms with Gasteiger partial charge in [-0.2, -0.15) is 0 Å². The molecule has 1 heterocycles. The van der Waals surface area contributed by atoms with E-state index in [0.29, 0.717) is 0 Å². The van der Waals surface area contributed by atoms with E-state index in [-0.39, 0.29) is 5.82 Å². The summed E-state index contributed by atoms with van der Waals surface area (Å²) in [7, 11) is 0. The van der Waals surface area contributed by atoms with Gasteiger partial charge in [-0.25, -0.2) is 4.39 Å². The largest absolute Gasteiger partial charge is 0.313 e. The number of hydrogen-bond donors (Lipinski definition) is 1. The van der Waals surface area contributed by atoms with Crippen LogP contribution in [0.5, 0.6) is 0 Å². The minimum atomic E-state index is -0.166. The molecule has 1 N–H and O–H groups in total. The number of nitrogens with one attached hydrogen (secondary N) is 1. The summed E-state index contributed by atoms with van der Waals surface area (Å²) in [5.41, 5.74) is 2.17. The SMILES string of the molecule is CCCNCc1cc(F)ccc1-c1ccc(C)s1. The van der Waals surface area contributed by atoms with Gasteiger partial charge in [-0.1, -0.05) is 13.0 Å². The topological polar surface area (TPSA) is 12.0 Å². The van der Waals surface area contributed by atoms with Crippen LogP contribution in [0, 0.1) is 12.7 Å². The second kappa shape index (κ2) is 6.12. The zero-order chi connectivity index (χ0) is 13.0. The van der Waals surface area contributed by atoms with E-state index >= 15 is 0 Å². The van der Waals surface area contributed by atoms with Crippen LogP contribution >= 0.6 is 11.3 Å². The van der Waals surface area contributed by atoms with Gasteiger partial charge < -0.3 is 5.32 Å². The van der Waals surface area contributed by atoms with Crippen molar-refractivity contribution in [1.29, 1.82) is 0 Å². The Morgan fingerprint density at radius 2 is 2.06 bits per heavy atom. The van der Waals surface area contributed by atoms with Crippen molar-refractivity contribution in [3.63, 3.8) is 0 Å². The Bertz CT molecular complexity index is 519. The number of aryl methyl sites for hydroxylation is 1. The van der Waals surface area contributed by atoms with Crippen molar-refractivity contribution >= 4 is 11.3 Å². The summed E-state index contributed by atoms with van der Waals surface area (Å²) in [5, 5.41) is 3.33. The lowest BCUT2D eigenvalue weighted by molar-refractivity contribution is 0.619. The lowest BCUT2D eigenvalue weighted by atomic mass is 10.1. The molecule has 1 aromatic heterocycles. The first-order valence-electron chi connectivity index (χ1n) is 6.26. The van der Waals surface area contributed by atoms with Crippen LogP contribution in [0.3, 0.4) is 0 Å². The highest BCUT2D eigenvalue weighted by molar-refractivity contribution is 7.15. The van der Waals surface area contributed by atoms with E-state index in [4.69, 9.17) is 0 Å². The van der Waals surface area contributed by atoms with Crippen LogP contribution in [-0.2, 0) is 6.54 Å². The Labute approximate surface area is 112 Å². The first kappa shape index (κ1) is 13.2. The van der Waals surface area contributed by atoms with Gasteiger partial charge in [-0.15, -0.1) is 11.3 Å². The van der Waals surface area contributed by atoms with Gasteiger partial charge in [0.05, 0.1) is 0 Å². The minimum absolute atomic E-state index is 0.166. The summed E-state index contributed by atoms with van der Waals surface area (Å²) in [6.45, 7) is 5.89. The van der Waals surface area contributed by atoms with Crippen LogP contribution in [0.25, 0.3) is 10.4 Å². The average molecular weight is 263 g/mol. The molecule has 0 spiro atoms. The number of halogens is 1. The first-order chi connectivity index (χ1) is 8.70. The molecular formula is C15H18FNS. The highest BCUT2D eigenvalue weighted by Gasteiger charge is 2.08. The van der Waals surface area contributed by atoms with Gasteiger partial charge >= 0.3 is 0 Å². The van der Waals surface area contributed by atoms with Crippen LogP contribution in [0.2, 0.25) is 0 Å². The fourth-order valence-electron chi connectivity index (χ4n) is 1.93. The van der Waals surface area contributed by atoms with Crippen molar-refractivity contribution in [3.05, 3.63) is 46.6 Å². The molecule has 0 aliphatic rings. The molecule has 0 fully saturated rings. The smallest absolute Gasteiger partial charge is 0.123 e. The predicted molar refractivity (Wildman–Crippen MR) is 76.4 cm³/mol. The van der Waals surface area contributed by atoms with E-state index in [1.165, 1.54) is 15.8 Å². The third-order valence-electron chi connectivity index (χ3n) is 2.82. The molecule has 2 aromatic rings. The third-order valence-corrected chi connectivity index (χ3v) is 3.85.